The molecule has 0 amide bonds. The summed E-state index contributed by atoms with van der Waals surface area (Å²) in [7, 11) is 0. The molecule has 0 radical (unpaired) electrons. The van der Waals surface area contributed by atoms with Crippen LogP contribution < -0.4 is 11.1 Å². The van der Waals surface area contributed by atoms with Gasteiger partial charge in [0.15, 0.2) is 0 Å². The third kappa shape index (κ3) is 2.62. The number of hydrogen-bond donors (Lipinski definition) is 2. The molecule has 1 aromatic rings. The number of nitrogens with two attached hydrogens (primary N) is 1. The van der Waals surface area contributed by atoms with Crippen molar-refractivity contribution in [2.45, 2.75) is 39.2 Å². The topological polar surface area (TPSA) is 63.8 Å². The smallest absolute Gasteiger partial charge is 0.147 e. The lowest BCUT2D eigenvalue weighted by molar-refractivity contribution is 0.276. The summed E-state index contributed by atoms with van der Waals surface area (Å²) in [5, 5.41) is 3.44. The second kappa shape index (κ2) is 4.68. The highest BCUT2D eigenvalue weighted by atomic mass is 15.1. The maximum atomic E-state index is 5.61. The normalized spacial score (nSPS) is 30.0. The zero-order chi connectivity index (χ0) is 11.5. The van der Waals surface area contributed by atoms with E-state index in [2.05, 4.69) is 29.1 Å². The quantitative estimate of drug-likeness (QED) is 0.802. The van der Waals surface area contributed by atoms with Crippen LogP contribution in [0.25, 0.3) is 0 Å². The van der Waals surface area contributed by atoms with Gasteiger partial charge in [0.2, 0.25) is 0 Å². The maximum Gasteiger partial charge on any atom is 0.147 e. The van der Waals surface area contributed by atoms with E-state index in [-0.39, 0.29) is 0 Å². The molecule has 1 aliphatic carbocycles. The molecule has 3 unspecified atom stereocenters. The molecule has 1 aliphatic rings. The van der Waals surface area contributed by atoms with E-state index < -0.39 is 0 Å². The Bertz CT molecular complexity index is 353. The lowest BCUT2D eigenvalue weighted by Gasteiger charge is -2.33. The first kappa shape index (κ1) is 11.2. The minimum atomic E-state index is 0.474. The third-order valence-electron chi connectivity index (χ3n) is 3.42. The molecule has 4 nitrogen and oxygen atoms in total. The van der Waals surface area contributed by atoms with Crippen molar-refractivity contribution < 1.29 is 0 Å². The van der Waals surface area contributed by atoms with Gasteiger partial charge in [-0.3, -0.25) is 4.98 Å². The summed E-state index contributed by atoms with van der Waals surface area (Å²) in [4.78, 5) is 8.26. The van der Waals surface area contributed by atoms with E-state index in [9.17, 15) is 0 Å². The molecular formula is C12H20N4. The lowest BCUT2D eigenvalue weighted by Crippen LogP contribution is -2.33. The van der Waals surface area contributed by atoms with Crippen LogP contribution in [0.5, 0.6) is 0 Å². The Labute approximate surface area is 96.7 Å². The molecule has 4 heteroatoms. The van der Waals surface area contributed by atoms with Gasteiger partial charge in [-0.1, -0.05) is 13.8 Å². The van der Waals surface area contributed by atoms with Crippen LogP contribution in [0.15, 0.2) is 12.4 Å². The predicted octanol–water partition coefficient (Wildman–Crippen LogP) is 2.30. The van der Waals surface area contributed by atoms with E-state index in [0.717, 1.165) is 11.7 Å². The molecule has 2 rings (SSSR count). The monoisotopic (exact) mass is 220 g/mol. The second-order valence-electron chi connectivity index (χ2n) is 4.98. The van der Waals surface area contributed by atoms with Gasteiger partial charge in [-0.2, -0.15) is 0 Å². The molecule has 88 valence electrons. The number of rotatable bonds is 2. The molecule has 0 bridgehead atoms. The van der Waals surface area contributed by atoms with Crippen molar-refractivity contribution in [1.82, 2.24) is 9.97 Å². The molecular weight excluding hydrogens is 200 g/mol. The standard InChI is InChI=1S/C12H20N4/c1-8-3-4-10(9(2)5-8)15-12-7-14-6-11(13)16-12/h6-10H,3-5H2,1-2H3,(H3,13,15,16). The Morgan fingerprint density at radius 1 is 1.31 bits per heavy atom. The van der Waals surface area contributed by atoms with Crippen LogP contribution in [0.1, 0.15) is 33.1 Å². The van der Waals surface area contributed by atoms with Gasteiger partial charge in [0.05, 0.1) is 12.4 Å². The fourth-order valence-corrected chi connectivity index (χ4v) is 2.52. The number of anilines is 2. The number of nitrogen functional groups attached to an aromatic ring is 1. The summed E-state index contributed by atoms with van der Waals surface area (Å²) in [6, 6.07) is 0.507. The number of hydrogen-bond acceptors (Lipinski definition) is 4. The summed E-state index contributed by atoms with van der Waals surface area (Å²) < 4.78 is 0. The first-order valence-corrected chi connectivity index (χ1v) is 5.99. The van der Waals surface area contributed by atoms with Gasteiger partial charge in [-0.15, -0.1) is 0 Å². The average Bonchev–Trinajstić information content (AvgIpc) is 2.22. The van der Waals surface area contributed by atoms with Crippen molar-refractivity contribution in [1.29, 1.82) is 0 Å². The largest absolute Gasteiger partial charge is 0.382 e. The molecule has 3 atom stereocenters. The van der Waals surface area contributed by atoms with Gasteiger partial charge in [0.1, 0.15) is 11.6 Å². The van der Waals surface area contributed by atoms with Gasteiger partial charge < -0.3 is 11.1 Å². The van der Waals surface area contributed by atoms with E-state index in [0.29, 0.717) is 17.8 Å². The molecule has 3 N–H and O–H groups in total. The fourth-order valence-electron chi connectivity index (χ4n) is 2.52. The molecule has 16 heavy (non-hydrogen) atoms. The summed E-state index contributed by atoms with van der Waals surface area (Å²) >= 11 is 0. The molecule has 1 heterocycles. The molecule has 1 fully saturated rings. The Kier molecular flexibility index (Phi) is 3.27. The van der Waals surface area contributed by atoms with Crippen molar-refractivity contribution in [2.75, 3.05) is 11.1 Å². The Balaban J connectivity index is 1.99. The molecule has 0 aromatic carbocycles. The third-order valence-corrected chi connectivity index (χ3v) is 3.42. The van der Waals surface area contributed by atoms with E-state index in [1.807, 2.05) is 0 Å². The zero-order valence-corrected chi connectivity index (χ0v) is 9.98. The Morgan fingerprint density at radius 3 is 2.81 bits per heavy atom. The van der Waals surface area contributed by atoms with Crippen molar-refractivity contribution in [2.24, 2.45) is 11.8 Å². The summed E-state index contributed by atoms with van der Waals surface area (Å²) in [6.07, 6.45) is 7.09. The van der Waals surface area contributed by atoms with Crippen LogP contribution in [0.3, 0.4) is 0 Å². The molecule has 1 aromatic heterocycles. The van der Waals surface area contributed by atoms with Crippen molar-refractivity contribution in [3.63, 3.8) is 0 Å². The second-order valence-corrected chi connectivity index (χ2v) is 4.98. The van der Waals surface area contributed by atoms with Gasteiger partial charge in [-0.05, 0) is 31.1 Å². The van der Waals surface area contributed by atoms with E-state index >= 15 is 0 Å². The summed E-state index contributed by atoms with van der Waals surface area (Å²) in [5.74, 6) is 2.81. The van der Waals surface area contributed by atoms with Gasteiger partial charge >= 0.3 is 0 Å². The van der Waals surface area contributed by atoms with Crippen LogP contribution in [0.4, 0.5) is 11.6 Å². The molecule has 0 saturated heterocycles. The minimum Gasteiger partial charge on any atom is -0.382 e. The van der Waals surface area contributed by atoms with Gasteiger partial charge in [-0.25, -0.2) is 4.98 Å². The van der Waals surface area contributed by atoms with Gasteiger partial charge in [0, 0.05) is 6.04 Å². The fraction of sp³-hybridized carbons (Fsp3) is 0.667. The zero-order valence-electron chi connectivity index (χ0n) is 9.98. The van der Waals surface area contributed by atoms with Crippen molar-refractivity contribution >= 4 is 11.6 Å². The van der Waals surface area contributed by atoms with Crippen LogP contribution in [0.2, 0.25) is 0 Å². The predicted molar refractivity (Wildman–Crippen MR) is 66.0 cm³/mol. The summed E-state index contributed by atoms with van der Waals surface area (Å²) in [5.41, 5.74) is 5.61. The van der Waals surface area contributed by atoms with Crippen molar-refractivity contribution in [3.05, 3.63) is 12.4 Å². The van der Waals surface area contributed by atoms with E-state index in [1.54, 1.807) is 12.4 Å². The lowest BCUT2D eigenvalue weighted by atomic mass is 9.80. The maximum absolute atomic E-state index is 5.61. The molecule has 0 spiro atoms. The molecule has 1 saturated carbocycles. The molecule has 0 aliphatic heterocycles. The van der Waals surface area contributed by atoms with Crippen LogP contribution in [-0.2, 0) is 0 Å². The average molecular weight is 220 g/mol. The minimum absolute atomic E-state index is 0.474. The highest BCUT2D eigenvalue weighted by Crippen LogP contribution is 2.30. The Morgan fingerprint density at radius 2 is 2.12 bits per heavy atom. The van der Waals surface area contributed by atoms with Crippen LogP contribution in [-0.4, -0.2) is 16.0 Å². The SMILES string of the molecule is CC1CCC(Nc2cncc(N)n2)C(C)C1. The summed E-state index contributed by atoms with van der Waals surface area (Å²) in [6.45, 7) is 4.63. The van der Waals surface area contributed by atoms with E-state index in [4.69, 9.17) is 5.73 Å². The Hall–Kier alpha value is -1.32. The first-order chi connectivity index (χ1) is 7.65. The van der Waals surface area contributed by atoms with Crippen molar-refractivity contribution in [3.8, 4) is 0 Å². The van der Waals surface area contributed by atoms with Crippen LogP contribution >= 0.6 is 0 Å². The number of nitrogens with one attached hydrogen (secondary N) is 1. The van der Waals surface area contributed by atoms with Gasteiger partial charge in [0.25, 0.3) is 0 Å². The number of nitrogens with zero attached hydrogens (tertiary/aromatic N) is 2. The van der Waals surface area contributed by atoms with Crippen LogP contribution in [0, 0.1) is 11.8 Å². The van der Waals surface area contributed by atoms with E-state index in [1.165, 1.54) is 19.3 Å². The number of aromatic nitrogens is 2. The highest BCUT2D eigenvalue weighted by molar-refractivity contribution is 5.39. The highest BCUT2D eigenvalue weighted by Gasteiger charge is 2.25. The first-order valence-electron chi connectivity index (χ1n) is 5.99.